The third kappa shape index (κ3) is 3.70. The highest BCUT2D eigenvalue weighted by Crippen LogP contribution is 2.56. The summed E-state index contributed by atoms with van der Waals surface area (Å²) in [4.78, 5) is 26.7. The number of fused-ring (bicyclic) bond motifs is 1. The van der Waals surface area contributed by atoms with E-state index < -0.39 is 29.0 Å². The van der Waals surface area contributed by atoms with Crippen molar-refractivity contribution in [2.24, 2.45) is 5.41 Å². The smallest absolute Gasteiger partial charge is 0.337 e. The molecule has 8 heteroatoms. The maximum absolute atomic E-state index is 13.1. The van der Waals surface area contributed by atoms with Crippen molar-refractivity contribution in [3.63, 3.8) is 0 Å². The normalized spacial score (nSPS) is 23.1. The molecule has 2 heterocycles. The van der Waals surface area contributed by atoms with Crippen LogP contribution in [0.5, 0.6) is 0 Å². The topological polar surface area (TPSA) is 99.9 Å². The minimum Gasteiger partial charge on any atom is -0.465 e. The molecule has 0 saturated carbocycles. The molecule has 0 spiro atoms. The lowest BCUT2D eigenvalue weighted by Gasteiger charge is -2.47. The number of benzene rings is 1. The molecule has 2 atom stereocenters. The van der Waals surface area contributed by atoms with Crippen LogP contribution < -0.4 is 0 Å². The lowest BCUT2D eigenvalue weighted by molar-refractivity contribution is -0.140. The highest BCUT2D eigenvalue weighted by Gasteiger charge is 2.55. The zero-order chi connectivity index (χ0) is 23.8. The van der Waals surface area contributed by atoms with E-state index in [0.717, 1.165) is 0 Å². The molecule has 0 radical (unpaired) electrons. The molecule has 0 aliphatic carbocycles. The van der Waals surface area contributed by atoms with E-state index in [1.54, 1.807) is 43.0 Å². The number of hydrogen-bond donors (Lipinski definition) is 1. The minimum absolute atomic E-state index is 0.181. The van der Waals surface area contributed by atoms with Crippen LogP contribution in [-0.2, 0) is 14.3 Å². The monoisotopic (exact) mass is 456 g/mol. The van der Waals surface area contributed by atoms with Crippen LogP contribution in [0.4, 0.5) is 0 Å². The number of esters is 2. The van der Waals surface area contributed by atoms with Crippen LogP contribution in [-0.4, -0.2) is 47.1 Å². The second-order valence-corrected chi connectivity index (χ2v) is 9.75. The molecule has 170 valence electrons. The van der Waals surface area contributed by atoms with Crippen LogP contribution in [0.3, 0.4) is 0 Å². The van der Waals surface area contributed by atoms with E-state index >= 15 is 0 Å². The summed E-state index contributed by atoms with van der Waals surface area (Å²) in [5.41, 5.74) is 0.459. The van der Waals surface area contributed by atoms with Crippen molar-refractivity contribution >= 4 is 23.7 Å². The molecule has 0 aromatic heterocycles. The second kappa shape index (κ2) is 8.64. The van der Waals surface area contributed by atoms with Gasteiger partial charge in [0.2, 0.25) is 0 Å². The van der Waals surface area contributed by atoms with Crippen molar-refractivity contribution < 1.29 is 24.2 Å². The van der Waals surface area contributed by atoms with Crippen molar-refractivity contribution in [1.29, 1.82) is 5.26 Å². The predicted octanol–water partition coefficient (Wildman–Crippen LogP) is 3.93. The van der Waals surface area contributed by atoms with E-state index in [-0.39, 0.29) is 6.61 Å². The van der Waals surface area contributed by atoms with E-state index in [9.17, 15) is 20.0 Å². The van der Waals surface area contributed by atoms with Crippen LogP contribution in [0.25, 0.3) is 0 Å². The molecule has 1 N–H and O–H groups in total. The van der Waals surface area contributed by atoms with Gasteiger partial charge in [0.25, 0.3) is 0 Å². The van der Waals surface area contributed by atoms with Gasteiger partial charge in [-0.3, -0.25) is 0 Å². The van der Waals surface area contributed by atoms with Gasteiger partial charge in [0, 0.05) is 16.9 Å². The molecular weight excluding hydrogens is 428 g/mol. The Morgan fingerprint density at radius 1 is 1.28 bits per heavy atom. The Kier molecular flexibility index (Phi) is 6.45. The minimum atomic E-state index is -1.28. The van der Waals surface area contributed by atoms with Gasteiger partial charge in [-0.05, 0) is 31.5 Å². The fourth-order valence-electron chi connectivity index (χ4n) is 4.09. The Labute approximate surface area is 192 Å². The zero-order valence-corrected chi connectivity index (χ0v) is 20.0. The molecule has 0 amide bonds. The van der Waals surface area contributed by atoms with Gasteiger partial charge >= 0.3 is 11.9 Å². The Bertz CT molecular complexity index is 1050. The molecule has 2 aliphatic rings. The summed E-state index contributed by atoms with van der Waals surface area (Å²) in [6.45, 7) is 9.46. The van der Waals surface area contributed by atoms with Gasteiger partial charge in [-0.2, -0.15) is 5.26 Å². The highest BCUT2D eigenvalue weighted by molar-refractivity contribution is 8.03. The van der Waals surface area contributed by atoms with Gasteiger partial charge in [-0.1, -0.05) is 32.9 Å². The number of hydrogen-bond acceptors (Lipinski definition) is 8. The first-order chi connectivity index (χ1) is 15.0. The summed E-state index contributed by atoms with van der Waals surface area (Å²) in [5, 5.41) is 22.4. The van der Waals surface area contributed by atoms with Crippen molar-refractivity contribution in [2.75, 3.05) is 19.5 Å². The number of aliphatic hydroxyl groups is 1. The van der Waals surface area contributed by atoms with E-state index in [1.165, 1.54) is 18.9 Å². The highest BCUT2D eigenvalue weighted by atomic mass is 32.2. The molecule has 0 unspecified atom stereocenters. The average molecular weight is 457 g/mol. The van der Waals surface area contributed by atoms with Crippen LogP contribution in [0, 0.1) is 16.7 Å². The lowest BCUT2D eigenvalue weighted by atomic mass is 9.78. The van der Waals surface area contributed by atoms with Crippen molar-refractivity contribution in [3.05, 3.63) is 57.3 Å². The molecule has 1 fully saturated rings. The van der Waals surface area contributed by atoms with E-state index in [2.05, 4.69) is 6.07 Å². The van der Waals surface area contributed by atoms with Gasteiger partial charge in [0.05, 0.1) is 47.4 Å². The fraction of sp³-hybridized carbons (Fsp3) is 0.458. The average Bonchev–Trinajstić information content (AvgIpc) is 3.12. The maximum Gasteiger partial charge on any atom is 0.337 e. The summed E-state index contributed by atoms with van der Waals surface area (Å²) in [6, 6.07) is 8.93. The first-order valence-corrected chi connectivity index (χ1v) is 11.4. The first kappa shape index (κ1) is 23.9. The van der Waals surface area contributed by atoms with E-state index in [1.807, 2.05) is 20.8 Å². The molecular formula is C24H28N2O5S. The third-order valence-corrected chi connectivity index (χ3v) is 7.22. The molecule has 3 rings (SSSR count). The van der Waals surface area contributed by atoms with E-state index in [0.29, 0.717) is 38.8 Å². The fourth-order valence-corrected chi connectivity index (χ4v) is 5.73. The lowest BCUT2D eigenvalue weighted by Crippen LogP contribution is -2.55. The molecule has 7 nitrogen and oxygen atoms in total. The van der Waals surface area contributed by atoms with Crippen LogP contribution in [0.15, 0.2) is 46.1 Å². The third-order valence-electron chi connectivity index (χ3n) is 6.00. The number of allylic oxidation sites excluding steroid dienone is 2. The number of ether oxygens (including phenoxy) is 2. The number of methoxy groups -OCH3 is 1. The Morgan fingerprint density at radius 3 is 2.41 bits per heavy atom. The summed E-state index contributed by atoms with van der Waals surface area (Å²) >= 11 is 1.41. The quantitative estimate of drug-likeness (QED) is 0.681. The summed E-state index contributed by atoms with van der Waals surface area (Å²) < 4.78 is 10.1. The number of thioether (sulfide) groups is 1. The van der Waals surface area contributed by atoms with Gasteiger partial charge < -0.3 is 19.5 Å². The standard InChI is InChI=1S/C24H28N2O5S/c1-7-31-22(28)18-14(2)26-20(32-13-24(26,29)23(3,4)5)17(12-25)19(18)15-8-10-16(11-9-15)21(27)30-6/h8-11,19,29H,7,13H2,1-6H3/t19-,24-/m1/s1. The zero-order valence-electron chi connectivity index (χ0n) is 19.2. The second-order valence-electron chi connectivity index (χ2n) is 8.79. The van der Waals surface area contributed by atoms with E-state index in [4.69, 9.17) is 9.47 Å². The van der Waals surface area contributed by atoms with Gasteiger partial charge in [-0.25, -0.2) is 9.59 Å². The van der Waals surface area contributed by atoms with Crippen LogP contribution in [0.1, 0.15) is 56.5 Å². The largest absolute Gasteiger partial charge is 0.465 e. The number of nitrogens with zero attached hydrogens (tertiary/aromatic N) is 2. The number of carbonyl (C=O) groups is 2. The Balaban J connectivity index is 2.24. The molecule has 2 aliphatic heterocycles. The predicted molar refractivity (Wildman–Crippen MR) is 121 cm³/mol. The SMILES string of the molecule is CCOC(=O)C1=C(C)N2C(=C(C#N)[C@H]1c1ccc(C(=O)OC)cc1)SC[C@@]2(O)C(C)(C)C. The first-order valence-electron chi connectivity index (χ1n) is 10.4. The summed E-state index contributed by atoms with van der Waals surface area (Å²) in [5.74, 6) is -1.32. The van der Waals surface area contributed by atoms with Gasteiger partial charge in [0.15, 0.2) is 5.72 Å². The van der Waals surface area contributed by atoms with Crippen molar-refractivity contribution in [3.8, 4) is 6.07 Å². The maximum atomic E-state index is 13.1. The molecule has 1 aromatic carbocycles. The summed E-state index contributed by atoms with van der Waals surface area (Å²) in [7, 11) is 1.31. The van der Waals surface area contributed by atoms with Crippen LogP contribution >= 0.6 is 11.8 Å². The Morgan fingerprint density at radius 2 is 1.91 bits per heavy atom. The van der Waals surface area contributed by atoms with Crippen molar-refractivity contribution in [1.82, 2.24) is 4.90 Å². The van der Waals surface area contributed by atoms with Crippen LogP contribution in [0.2, 0.25) is 0 Å². The molecule has 32 heavy (non-hydrogen) atoms. The van der Waals surface area contributed by atoms with Gasteiger partial charge in [0.1, 0.15) is 0 Å². The summed E-state index contributed by atoms with van der Waals surface area (Å²) in [6.07, 6.45) is 0. The molecule has 0 bridgehead atoms. The van der Waals surface area contributed by atoms with Crippen molar-refractivity contribution in [2.45, 2.75) is 46.3 Å². The number of nitriles is 1. The molecule has 1 aromatic rings. The van der Waals surface area contributed by atoms with Gasteiger partial charge in [-0.15, -0.1) is 11.8 Å². The number of rotatable bonds is 4. The molecule has 1 saturated heterocycles. The number of carbonyl (C=O) groups excluding carboxylic acids is 2. The Hall–Kier alpha value is -2.76.